The fraction of sp³-hybridized carbons (Fsp3) is 0.520. The van der Waals surface area contributed by atoms with Crippen molar-refractivity contribution >= 4 is 28.5 Å². The number of nitrogens with zero attached hydrogens (tertiary/aromatic N) is 2. The van der Waals surface area contributed by atoms with E-state index in [9.17, 15) is 23.2 Å². The number of alkyl halides is 2. The zero-order valence-electron chi connectivity index (χ0n) is 20.3. The lowest BCUT2D eigenvalue weighted by Crippen LogP contribution is -2.46. The van der Waals surface area contributed by atoms with Crippen molar-refractivity contribution in [2.45, 2.75) is 66.3 Å². The van der Waals surface area contributed by atoms with Gasteiger partial charge in [0.05, 0.1) is 30.2 Å². The highest BCUT2D eigenvalue weighted by Gasteiger charge is 2.49. The van der Waals surface area contributed by atoms with Gasteiger partial charge in [-0.3, -0.25) is 19.4 Å². The number of benzene rings is 1. The van der Waals surface area contributed by atoms with Gasteiger partial charge in [-0.25, -0.2) is 8.78 Å². The third-order valence-electron chi connectivity index (χ3n) is 4.78. The van der Waals surface area contributed by atoms with E-state index in [1.54, 1.807) is 38.1 Å². The first-order chi connectivity index (χ1) is 15.6. The number of pyridine rings is 1. The van der Waals surface area contributed by atoms with Gasteiger partial charge in [0.25, 0.3) is 11.8 Å². The molecule has 33 heavy (non-hydrogen) atoms. The summed E-state index contributed by atoms with van der Waals surface area (Å²) in [5, 5.41) is 3.09. The number of aromatic nitrogens is 1. The van der Waals surface area contributed by atoms with E-state index in [0.717, 1.165) is 4.90 Å². The summed E-state index contributed by atoms with van der Waals surface area (Å²) < 4.78 is 27.7. The van der Waals surface area contributed by atoms with Crippen LogP contribution in [0.2, 0.25) is 0 Å². The summed E-state index contributed by atoms with van der Waals surface area (Å²) in [7, 11) is 0. The van der Waals surface area contributed by atoms with Crippen LogP contribution in [0, 0.1) is 5.92 Å². The van der Waals surface area contributed by atoms with Crippen LogP contribution < -0.4 is 5.32 Å². The van der Waals surface area contributed by atoms with Crippen LogP contribution in [0.15, 0.2) is 36.5 Å². The van der Waals surface area contributed by atoms with Crippen LogP contribution in [0.4, 0.5) is 8.78 Å². The highest BCUT2D eigenvalue weighted by Crippen LogP contribution is 2.33. The molecule has 1 atom stereocenters. The van der Waals surface area contributed by atoms with Crippen LogP contribution in [-0.2, 0) is 9.59 Å². The molecule has 0 spiro atoms. The van der Waals surface area contributed by atoms with Crippen LogP contribution >= 0.6 is 0 Å². The van der Waals surface area contributed by atoms with E-state index in [4.69, 9.17) is 0 Å². The summed E-state index contributed by atoms with van der Waals surface area (Å²) >= 11 is 0. The van der Waals surface area contributed by atoms with Crippen LogP contribution in [0.3, 0.4) is 0 Å². The van der Waals surface area contributed by atoms with Crippen molar-refractivity contribution in [3.05, 3.63) is 42.1 Å². The minimum atomic E-state index is -3.11. The fourth-order valence-electron chi connectivity index (χ4n) is 3.36. The molecule has 2 amide bonds. The van der Waals surface area contributed by atoms with E-state index in [0.29, 0.717) is 16.5 Å². The monoisotopic (exact) mass is 465 g/mol. The molecule has 1 aromatic carbocycles. The topological polar surface area (TPSA) is 79.4 Å². The maximum absolute atomic E-state index is 13.8. The Morgan fingerprint density at radius 2 is 1.79 bits per heavy atom. The number of rotatable bonds is 5. The molecule has 3 rings (SSSR count). The van der Waals surface area contributed by atoms with Crippen molar-refractivity contribution < 1.29 is 24.6 Å². The number of halogens is 2. The Morgan fingerprint density at radius 3 is 2.39 bits per heavy atom. The Kier molecular flexibility index (Phi) is 11.1. The minimum Gasteiger partial charge on any atom is -0.343 e. The SMILES string of the molecule is CC.CC(C)C(=O)C1CC(F)(F)CN1C(=O)CNC(=O)c1ccnc2ccccc12.CCC.[HH]. The number of hydrogen-bond donors (Lipinski definition) is 1. The molecule has 184 valence electrons. The number of likely N-dealkylation sites (tertiary alicyclic amines) is 1. The Hall–Kier alpha value is -2.90. The zero-order valence-corrected chi connectivity index (χ0v) is 20.3. The Labute approximate surface area is 196 Å². The molecule has 1 saturated heterocycles. The molecule has 0 bridgehead atoms. The molecule has 0 radical (unpaired) electrons. The molecule has 2 aromatic rings. The van der Waals surface area contributed by atoms with E-state index in [1.807, 2.05) is 13.8 Å². The van der Waals surface area contributed by atoms with Gasteiger partial charge in [-0.15, -0.1) is 0 Å². The quantitative estimate of drug-likeness (QED) is 0.665. The van der Waals surface area contributed by atoms with Crippen LogP contribution in [0.1, 0.15) is 66.2 Å². The molecule has 6 nitrogen and oxygen atoms in total. The first kappa shape index (κ1) is 28.1. The number of Topliss-reactive ketones (excluding diaryl/α,β-unsaturated/α-hetero) is 1. The van der Waals surface area contributed by atoms with Gasteiger partial charge in [0.15, 0.2) is 5.78 Å². The smallest absolute Gasteiger partial charge is 0.267 e. The second kappa shape index (κ2) is 13.0. The maximum atomic E-state index is 13.8. The predicted molar refractivity (Wildman–Crippen MR) is 128 cm³/mol. The average Bonchev–Trinajstić information content (AvgIpc) is 3.13. The molecule has 0 aliphatic carbocycles. The predicted octanol–water partition coefficient (Wildman–Crippen LogP) is 5.11. The summed E-state index contributed by atoms with van der Waals surface area (Å²) in [6, 6.07) is 7.40. The molecule has 2 heterocycles. The maximum Gasteiger partial charge on any atom is 0.267 e. The Balaban J connectivity index is 0.00000168. The van der Waals surface area contributed by atoms with E-state index >= 15 is 0 Å². The van der Waals surface area contributed by atoms with Gasteiger partial charge in [0.2, 0.25) is 5.91 Å². The lowest BCUT2D eigenvalue weighted by Gasteiger charge is -2.24. The lowest BCUT2D eigenvalue weighted by atomic mass is 9.99. The van der Waals surface area contributed by atoms with Crippen molar-refractivity contribution in [3.63, 3.8) is 0 Å². The van der Waals surface area contributed by atoms with Gasteiger partial charge < -0.3 is 10.2 Å². The molecule has 1 unspecified atom stereocenters. The van der Waals surface area contributed by atoms with Gasteiger partial charge in [-0.1, -0.05) is 66.2 Å². The zero-order chi connectivity index (χ0) is 25.2. The van der Waals surface area contributed by atoms with E-state index in [-0.39, 0.29) is 1.43 Å². The molecular weight excluding hydrogens is 428 g/mol. The van der Waals surface area contributed by atoms with Crippen molar-refractivity contribution in [1.82, 2.24) is 15.2 Å². The molecular formula is C25H37F2N3O3. The number of carbonyl (C=O) groups is 3. The summed E-state index contributed by atoms with van der Waals surface area (Å²) in [5.41, 5.74) is 0.961. The molecule has 1 aromatic heterocycles. The van der Waals surface area contributed by atoms with Crippen LogP contribution in [0.5, 0.6) is 0 Å². The number of hydrogen-bond acceptors (Lipinski definition) is 4. The van der Waals surface area contributed by atoms with Crippen molar-refractivity contribution in [1.29, 1.82) is 0 Å². The van der Waals surface area contributed by atoms with E-state index in [2.05, 4.69) is 24.1 Å². The number of nitrogens with one attached hydrogen (secondary N) is 1. The van der Waals surface area contributed by atoms with Gasteiger partial charge in [0, 0.05) is 25.3 Å². The molecule has 1 fully saturated rings. The third kappa shape index (κ3) is 7.58. The van der Waals surface area contributed by atoms with Crippen molar-refractivity contribution in [2.75, 3.05) is 13.1 Å². The molecule has 1 aliphatic rings. The molecule has 8 heteroatoms. The van der Waals surface area contributed by atoms with Gasteiger partial charge in [0.1, 0.15) is 0 Å². The summed E-state index contributed by atoms with van der Waals surface area (Å²) in [5.74, 6) is -5.20. The average molecular weight is 466 g/mol. The van der Waals surface area contributed by atoms with Crippen molar-refractivity contribution in [3.8, 4) is 0 Å². The summed E-state index contributed by atoms with van der Waals surface area (Å²) in [6.07, 6.45) is 2.05. The van der Waals surface area contributed by atoms with Crippen LogP contribution in [0.25, 0.3) is 10.9 Å². The number of ketones is 1. The third-order valence-corrected chi connectivity index (χ3v) is 4.78. The first-order valence-corrected chi connectivity index (χ1v) is 11.4. The minimum absolute atomic E-state index is 0. The van der Waals surface area contributed by atoms with Gasteiger partial charge >= 0.3 is 0 Å². The normalized spacial score (nSPS) is 16.4. The van der Waals surface area contributed by atoms with Gasteiger partial charge in [-0.2, -0.15) is 0 Å². The number of carbonyl (C=O) groups excluding carboxylic acids is 3. The second-order valence-electron chi connectivity index (χ2n) is 7.92. The Morgan fingerprint density at radius 1 is 1.18 bits per heavy atom. The summed E-state index contributed by atoms with van der Waals surface area (Å²) in [6.45, 7) is 10.2. The number of amides is 2. The largest absolute Gasteiger partial charge is 0.343 e. The second-order valence-corrected chi connectivity index (χ2v) is 7.92. The van der Waals surface area contributed by atoms with Crippen molar-refractivity contribution in [2.24, 2.45) is 5.92 Å². The Bertz CT molecular complexity index is 949. The highest BCUT2D eigenvalue weighted by molar-refractivity contribution is 6.07. The summed E-state index contributed by atoms with van der Waals surface area (Å²) in [4.78, 5) is 42.3. The molecule has 0 saturated carbocycles. The fourth-order valence-corrected chi connectivity index (χ4v) is 3.36. The van der Waals surface area contributed by atoms with E-state index in [1.165, 1.54) is 18.7 Å². The first-order valence-electron chi connectivity index (χ1n) is 11.4. The lowest BCUT2D eigenvalue weighted by molar-refractivity contribution is -0.138. The highest BCUT2D eigenvalue weighted by atomic mass is 19.3. The number of fused-ring (bicyclic) bond motifs is 1. The van der Waals surface area contributed by atoms with Gasteiger partial charge in [-0.05, 0) is 12.1 Å². The number of para-hydroxylation sites is 1. The standard InChI is InChI=1S/C20H21F2N3O3.C3H8.C2H6.H2/c1-12(2)18(27)16-9-20(21,22)11-25(16)17(26)10-24-19(28)14-7-8-23-15-6-4-3-5-13(14)15;1-3-2;1-2;/h3-8,12,16H,9-11H2,1-2H3,(H,24,28);3H2,1-2H3;1-2H3;1H. The molecule has 1 N–H and O–H groups in total. The van der Waals surface area contributed by atoms with Crippen LogP contribution in [-0.4, -0.2) is 52.5 Å². The molecule has 1 aliphatic heterocycles. The van der Waals surface area contributed by atoms with E-state index < -0.39 is 55.0 Å².